The largest absolute Gasteiger partial charge is 0.435 e. The summed E-state index contributed by atoms with van der Waals surface area (Å²) in [4.78, 5) is 14.0. The fourth-order valence-electron chi connectivity index (χ4n) is 2.56. The zero-order valence-electron chi connectivity index (χ0n) is 12.0. The molecule has 1 aromatic carbocycles. The molecule has 1 N–H and O–H groups in total. The van der Waals surface area contributed by atoms with Crippen molar-refractivity contribution in [1.82, 2.24) is 10.2 Å². The lowest BCUT2D eigenvalue weighted by molar-refractivity contribution is -0.0499. The van der Waals surface area contributed by atoms with Gasteiger partial charge in [-0.05, 0) is 50.0 Å². The molecule has 2 rings (SSSR count). The van der Waals surface area contributed by atoms with Crippen LogP contribution >= 0.6 is 0 Å². The highest BCUT2D eigenvalue weighted by Gasteiger charge is 2.19. The van der Waals surface area contributed by atoms with E-state index in [2.05, 4.69) is 10.1 Å². The number of piperidine rings is 1. The van der Waals surface area contributed by atoms with Crippen LogP contribution in [0.2, 0.25) is 0 Å². The van der Waals surface area contributed by atoms with Crippen LogP contribution in [0.4, 0.5) is 8.78 Å². The van der Waals surface area contributed by atoms with E-state index in [0.29, 0.717) is 18.0 Å². The van der Waals surface area contributed by atoms with Gasteiger partial charge in [0.1, 0.15) is 5.75 Å². The number of rotatable bonds is 5. The van der Waals surface area contributed by atoms with Gasteiger partial charge in [-0.25, -0.2) is 0 Å². The Morgan fingerprint density at radius 2 is 2.14 bits per heavy atom. The molecule has 0 aliphatic carbocycles. The topological polar surface area (TPSA) is 41.6 Å². The first-order chi connectivity index (χ1) is 10.1. The maximum atomic E-state index is 12.3. The molecule has 1 aromatic rings. The van der Waals surface area contributed by atoms with Gasteiger partial charge in [-0.2, -0.15) is 8.78 Å². The van der Waals surface area contributed by atoms with Crippen molar-refractivity contribution in [1.29, 1.82) is 0 Å². The van der Waals surface area contributed by atoms with Gasteiger partial charge in [0.05, 0.1) is 0 Å². The Bertz CT molecular complexity index is 476. The van der Waals surface area contributed by atoms with E-state index in [1.807, 2.05) is 0 Å². The molecule has 1 aliphatic rings. The second-order valence-corrected chi connectivity index (χ2v) is 5.29. The molecule has 4 nitrogen and oxygen atoms in total. The van der Waals surface area contributed by atoms with Crippen LogP contribution in [0.25, 0.3) is 0 Å². The maximum Gasteiger partial charge on any atom is 0.387 e. The number of ether oxygens (including phenoxy) is 1. The van der Waals surface area contributed by atoms with E-state index in [4.69, 9.17) is 0 Å². The highest BCUT2D eigenvalue weighted by Crippen LogP contribution is 2.18. The number of hydrogen-bond acceptors (Lipinski definition) is 3. The zero-order chi connectivity index (χ0) is 15.2. The van der Waals surface area contributed by atoms with Gasteiger partial charge >= 0.3 is 6.61 Å². The standard InChI is InChI=1S/C15H20F2N2O2/c1-19(10-11-5-7-18-8-6-11)14(20)12-3-2-4-13(9-12)21-15(16)17/h2-4,9,11,15,18H,5-8,10H2,1H3. The van der Waals surface area contributed by atoms with Crippen molar-refractivity contribution in [2.24, 2.45) is 5.92 Å². The molecule has 116 valence electrons. The zero-order valence-corrected chi connectivity index (χ0v) is 12.0. The molecule has 1 amide bonds. The summed E-state index contributed by atoms with van der Waals surface area (Å²) in [5, 5.41) is 3.28. The molecule has 0 spiro atoms. The third kappa shape index (κ3) is 4.67. The monoisotopic (exact) mass is 298 g/mol. The molecule has 0 radical (unpaired) electrons. The molecule has 21 heavy (non-hydrogen) atoms. The minimum absolute atomic E-state index is 0.00566. The summed E-state index contributed by atoms with van der Waals surface area (Å²) < 4.78 is 28.7. The minimum Gasteiger partial charge on any atom is -0.435 e. The van der Waals surface area contributed by atoms with Gasteiger partial charge in [0.25, 0.3) is 5.91 Å². The predicted octanol–water partition coefficient (Wildman–Crippen LogP) is 2.36. The van der Waals surface area contributed by atoms with Crippen molar-refractivity contribution in [3.05, 3.63) is 29.8 Å². The smallest absolute Gasteiger partial charge is 0.387 e. The van der Waals surface area contributed by atoms with Crippen LogP contribution in [0.3, 0.4) is 0 Å². The first-order valence-corrected chi connectivity index (χ1v) is 7.07. The maximum absolute atomic E-state index is 12.3. The van der Waals surface area contributed by atoms with E-state index in [0.717, 1.165) is 25.9 Å². The Morgan fingerprint density at radius 3 is 2.81 bits per heavy atom. The lowest BCUT2D eigenvalue weighted by Crippen LogP contribution is -2.37. The van der Waals surface area contributed by atoms with Crippen LogP contribution < -0.4 is 10.1 Å². The molecule has 0 atom stereocenters. The second-order valence-electron chi connectivity index (χ2n) is 5.29. The van der Waals surface area contributed by atoms with E-state index < -0.39 is 6.61 Å². The lowest BCUT2D eigenvalue weighted by atomic mass is 9.97. The van der Waals surface area contributed by atoms with Crippen molar-refractivity contribution in [3.63, 3.8) is 0 Å². The van der Waals surface area contributed by atoms with Crippen LogP contribution in [0.5, 0.6) is 5.75 Å². The summed E-state index contributed by atoms with van der Waals surface area (Å²) in [6, 6.07) is 5.92. The van der Waals surface area contributed by atoms with Crippen molar-refractivity contribution in [2.45, 2.75) is 19.5 Å². The molecule has 0 aromatic heterocycles. The molecule has 0 unspecified atom stereocenters. The number of amides is 1. The second kappa shape index (κ2) is 7.36. The Kier molecular flexibility index (Phi) is 5.50. The highest BCUT2D eigenvalue weighted by atomic mass is 19.3. The first-order valence-electron chi connectivity index (χ1n) is 7.07. The molecule has 1 aliphatic heterocycles. The van der Waals surface area contributed by atoms with Crippen molar-refractivity contribution >= 4 is 5.91 Å². The number of alkyl halides is 2. The van der Waals surface area contributed by atoms with Gasteiger partial charge in [-0.15, -0.1) is 0 Å². The molecule has 1 fully saturated rings. The summed E-state index contributed by atoms with van der Waals surface area (Å²) in [7, 11) is 1.74. The number of halogens is 2. The fraction of sp³-hybridized carbons (Fsp3) is 0.533. The Balaban J connectivity index is 1.97. The Labute approximate surface area is 123 Å². The van der Waals surface area contributed by atoms with Gasteiger partial charge in [0.15, 0.2) is 0 Å². The summed E-state index contributed by atoms with van der Waals surface area (Å²) >= 11 is 0. The van der Waals surface area contributed by atoms with Gasteiger partial charge in [0.2, 0.25) is 0 Å². The number of benzene rings is 1. The number of hydrogen-bond donors (Lipinski definition) is 1. The number of carbonyl (C=O) groups excluding carboxylic acids is 1. The molecular weight excluding hydrogens is 278 g/mol. The van der Waals surface area contributed by atoms with Gasteiger partial charge in [-0.1, -0.05) is 6.07 Å². The van der Waals surface area contributed by atoms with Gasteiger partial charge < -0.3 is 15.0 Å². The SMILES string of the molecule is CN(CC1CCNCC1)C(=O)c1cccc(OC(F)F)c1. The lowest BCUT2D eigenvalue weighted by Gasteiger charge is -2.27. The average Bonchev–Trinajstić information content (AvgIpc) is 2.47. The molecule has 1 saturated heterocycles. The summed E-state index contributed by atoms with van der Waals surface area (Å²) in [5.74, 6) is 0.320. The Morgan fingerprint density at radius 1 is 1.43 bits per heavy atom. The molecule has 0 saturated carbocycles. The Hall–Kier alpha value is -1.69. The summed E-state index contributed by atoms with van der Waals surface area (Å²) in [6.07, 6.45) is 2.10. The third-order valence-electron chi connectivity index (χ3n) is 3.64. The van der Waals surface area contributed by atoms with Crippen LogP contribution in [-0.2, 0) is 0 Å². The molecule has 0 bridgehead atoms. The van der Waals surface area contributed by atoms with Gasteiger partial charge in [0, 0.05) is 19.2 Å². The number of carbonyl (C=O) groups is 1. The average molecular weight is 298 g/mol. The predicted molar refractivity (Wildman–Crippen MR) is 75.6 cm³/mol. The highest BCUT2D eigenvalue weighted by molar-refractivity contribution is 5.94. The van der Waals surface area contributed by atoms with Gasteiger partial charge in [-0.3, -0.25) is 4.79 Å². The summed E-state index contributed by atoms with van der Waals surface area (Å²) in [6.45, 7) is -0.252. The van der Waals surface area contributed by atoms with Crippen LogP contribution in [-0.4, -0.2) is 44.1 Å². The van der Waals surface area contributed by atoms with E-state index in [-0.39, 0.29) is 11.7 Å². The fourth-order valence-corrected chi connectivity index (χ4v) is 2.56. The normalized spacial score (nSPS) is 16.0. The van der Waals surface area contributed by atoms with E-state index in [1.165, 1.54) is 12.1 Å². The summed E-state index contributed by atoms with van der Waals surface area (Å²) in [5.41, 5.74) is 0.365. The molecule has 1 heterocycles. The third-order valence-corrected chi connectivity index (χ3v) is 3.64. The quantitative estimate of drug-likeness (QED) is 0.907. The van der Waals surface area contributed by atoms with E-state index in [1.54, 1.807) is 24.1 Å². The van der Waals surface area contributed by atoms with Crippen LogP contribution in [0, 0.1) is 5.92 Å². The molecule has 6 heteroatoms. The number of nitrogens with zero attached hydrogens (tertiary/aromatic N) is 1. The first kappa shape index (κ1) is 15.7. The van der Waals surface area contributed by atoms with E-state index >= 15 is 0 Å². The van der Waals surface area contributed by atoms with Crippen molar-refractivity contribution < 1.29 is 18.3 Å². The van der Waals surface area contributed by atoms with E-state index in [9.17, 15) is 13.6 Å². The minimum atomic E-state index is -2.89. The van der Waals surface area contributed by atoms with Crippen LogP contribution in [0.15, 0.2) is 24.3 Å². The van der Waals surface area contributed by atoms with Crippen molar-refractivity contribution in [3.8, 4) is 5.75 Å². The van der Waals surface area contributed by atoms with Crippen molar-refractivity contribution in [2.75, 3.05) is 26.7 Å². The number of nitrogens with one attached hydrogen (secondary N) is 1. The molecular formula is C15H20F2N2O2. The van der Waals surface area contributed by atoms with Crippen LogP contribution in [0.1, 0.15) is 23.2 Å².